The molecule has 0 radical (unpaired) electrons. The first kappa shape index (κ1) is 9.18. The topological polar surface area (TPSA) is 54.4 Å². The standard InChI is InChI=1S/Fe.H2O.2O.V/h;1H2;;;/q;;;;+1/p-1. The van der Waals surface area contributed by atoms with Crippen LogP contribution in [0, 0.1) is 0 Å². The Labute approximate surface area is 44.2 Å². The molecule has 0 aliphatic rings. The molecule has 0 spiro atoms. The van der Waals surface area contributed by atoms with Crippen LogP contribution < -0.4 is 0 Å². The molecule has 0 saturated heterocycles. The zero-order valence-corrected chi connectivity index (χ0v) is 4.57. The average molecular weight is 156 g/mol. The van der Waals surface area contributed by atoms with Crippen molar-refractivity contribution in [2.45, 2.75) is 0 Å². The van der Waals surface area contributed by atoms with Crippen molar-refractivity contribution in [3.05, 3.63) is 0 Å². The maximum atomic E-state index is 8.67. The average Bonchev–Trinajstić information content (AvgIpc) is 0.811. The van der Waals surface area contributed by atoms with Crippen molar-refractivity contribution in [2.75, 3.05) is 0 Å². The first-order chi connectivity index (χ1) is 1.73. The number of rotatable bonds is 0. The van der Waals surface area contributed by atoms with Crippen molar-refractivity contribution in [3.8, 4) is 0 Å². The van der Waals surface area contributed by atoms with E-state index >= 15 is 0 Å². The van der Waals surface area contributed by atoms with Gasteiger partial charge in [-0.15, -0.1) is 0 Å². The van der Waals surface area contributed by atoms with Gasteiger partial charge in [0.15, 0.2) is 0 Å². The molecule has 0 aliphatic heterocycles. The maximum absolute atomic E-state index is 8.67. The molecule has 32 valence electrons. The summed E-state index contributed by atoms with van der Waals surface area (Å²) in [5.74, 6) is 0. The fourth-order valence-electron chi connectivity index (χ4n) is 0. The second-order valence-corrected chi connectivity index (χ2v) is 0.981. The monoisotopic (exact) mass is 156 g/mol. The van der Waals surface area contributed by atoms with Crippen molar-refractivity contribution in [1.29, 1.82) is 0 Å². The van der Waals surface area contributed by atoms with E-state index in [-0.39, 0.29) is 17.1 Å². The van der Waals surface area contributed by atoms with E-state index in [9.17, 15) is 0 Å². The molecule has 0 aromatic rings. The second kappa shape index (κ2) is 4.66. The van der Waals surface area contributed by atoms with Crippen LogP contribution in [0.15, 0.2) is 0 Å². The summed E-state index contributed by atoms with van der Waals surface area (Å²) in [6.45, 7) is 0. The third-order valence-corrected chi connectivity index (χ3v) is 0. The van der Waals surface area contributed by atoms with Crippen LogP contribution in [0.25, 0.3) is 0 Å². The molecule has 0 amide bonds. The molecule has 1 N–H and O–H groups in total. The van der Waals surface area contributed by atoms with Crippen LogP contribution in [0.2, 0.25) is 0 Å². The SMILES string of the molecule is [Fe].[O]=[V](=[O])[OH]. The third-order valence-electron chi connectivity index (χ3n) is 0. The predicted octanol–water partition coefficient (Wildman–Crippen LogP) is -0.800. The molecule has 0 saturated carbocycles. The Hall–Kier alpha value is 0.664. The molecular formula is HFeO3V. The summed E-state index contributed by atoms with van der Waals surface area (Å²) >= 11 is -3.69. The zero-order valence-electron chi connectivity index (χ0n) is 2.06. The van der Waals surface area contributed by atoms with Gasteiger partial charge in [0.1, 0.15) is 0 Å². The molecule has 0 heterocycles. The van der Waals surface area contributed by atoms with Gasteiger partial charge in [-0.3, -0.25) is 0 Å². The fourth-order valence-corrected chi connectivity index (χ4v) is 0. The molecule has 0 aromatic heterocycles. The Morgan fingerprint density at radius 1 is 1.40 bits per heavy atom. The van der Waals surface area contributed by atoms with E-state index in [0.29, 0.717) is 0 Å². The van der Waals surface area contributed by atoms with Crippen molar-refractivity contribution in [2.24, 2.45) is 0 Å². The molecule has 5 heavy (non-hydrogen) atoms. The van der Waals surface area contributed by atoms with Gasteiger partial charge in [0.2, 0.25) is 0 Å². The molecule has 0 rings (SSSR count). The van der Waals surface area contributed by atoms with Crippen LogP contribution >= 0.6 is 0 Å². The van der Waals surface area contributed by atoms with E-state index in [1.54, 1.807) is 0 Å². The third kappa shape index (κ3) is 75.1. The van der Waals surface area contributed by atoms with Crippen LogP contribution in [-0.2, 0) is 39.8 Å². The van der Waals surface area contributed by atoms with Gasteiger partial charge in [-0.25, -0.2) is 0 Å². The molecular weight excluding hydrogens is 155 g/mol. The minimum atomic E-state index is -3.69. The summed E-state index contributed by atoms with van der Waals surface area (Å²) in [6.07, 6.45) is 0. The molecule has 5 heteroatoms. The Kier molecular flexibility index (Phi) is 8.56. The van der Waals surface area contributed by atoms with Gasteiger partial charge in [-0.1, -0.05) is 0 Å². The minimum absolute atomic E-state index is 0. The fraction of sp³-hybridized carbons (Fsp3) is 0. The van der Waals surface area contributed by atoms with Gasteiger partial charge in [0, 0.05) is 17.1 Å². The van der Waals surface area contributed by atoms with Gasteiger partial charge in [-0.2, -0.15) is 0 Å². The predicted molar refractivity (Wildman–Crippen MR) is 3.59 cm³/mol. The molecule has 0 fully saturated rings. The second-order valence-electron chi connectivity index (χ2n) is 0.238. The van der Waals surface area contributed by atoms with Gasteiger partial charge in [-0.05, 0) is 0 Å². The van der Waals surface area contributed by atoms with E-state index in [1.807, 2.05) is 0 Å². The summed E-state index contributed by atoms with van der Waals surface area (Å²) in [5, 5.41) is 0. The first-order valence-corrected chi connectivity index (χ1v) is 2.33. The van der Waals surface area contributed by atoms with Crippen LogP contribution in [0.1, 0.15) is 0 Å². The van der Waals surface area contributed by atoms with Gasteiger partial charge in [0.25, 0.3) is 0 Å². The van der Waals surface area contributed by atoms with E-state index in [2.05, 4.69) is 0 Å². The number of hydrogen-bond acceptors (Lipinski definition) is 2. The zero-order chi connectivity index (χ0) is 3.58. The Bertz CT molecular complexity index is 55.3. The van der Waals surface area contributed by atoms with Crippen molar-refractivity contribution in [3.63, 3.8) is 0 Å². The van der Waals surface area contributed by atoms with E-state index in [1.165, 1.54) is 0 Å². The Morgan fingerprint density at radius 3 is 1.40 bits per heavy atom. The van der Waals surface area contributed by atoms with Crippen LogP contribution in [-0.4, -0.2) is 4.03 Å². The van der Waals surface area contributed by atoms with Crippen LogP contribution in [0.5, 0.6) is 0 Å². The van der Waals surface area contributed by atoms with Gasteiger partial charge >= 0.3 is 26.8 Å². The van der Waals surface area contributed by atoms with E-state index < -0.39 is 15.4 Å². The van der Waals surface area contributed by atoms with Crippen molar-refractivity contribution >= 4 is 0 Å². The van der Waals surface area contributed by atoms with Crippen LogP contribution in [0.4, 0.5) is 0 Å². The first-order valence-electron chi connectivity index (χ1n) is 0.565. The van der Waals surface area contributed by atoms with Crippen LogP contribution in [0.3, 0.4) is 0 Å². The normalized spacial score (nSPS) is 5.00. The molecule has 0 aliphatic carbocycles. The van der Waals surface area contributed by atoms with Gasteiger partial charge < -0.3 is 0 Å². The Balaban J connectivity index is 0. The molecule has 0 aromatic carbocycles. The van der Waals surface area contributed by atoms with E-state index in [4.69, 9.17) is 11.4 Å². The van der Waals surface area contributed by atoms with Crippen molar-refractivity contribution < 1.29 is 43.8 Å². The summed E-state index contributed by atoms with van der Waals surface area (Å²) in [4.78, 5) is 0. The van der Waals surface area contributed by atoms with Crippen molar-refractivity contribution in [1.82, 2.24) is 0 Å². The molecule has 3 nitrogen and oxygen atoms in total. The molecule has 0 bridgehead atoms. The summed E-state index contributed by atoms with van der Waals surface area (Å²) in [5.41, 5.74) is 0. The molecule has 0 unspecified atom stereocenters. The number of hydrogen-bond donors (Lipinski definition) is 1. The summed E-state index contributed by atoms with van der Waals surface area (Å²) in [7, 11) is 0. The Morgan fingerprint density at radius 2 is 1.40 bits per heavy atom. The van der Waals surface area contributed by atoms with Gasteiger partial charge in [0.05, 0.1) is 0 Å². The van der Waals surface area contributed by atoms with E-state index in [0.717, 1.165) is 0 Å². The quantitative estimate of drug-likeness (QED) is 0.467. The molecule has 0 atom stereocenters. The summed E-state index contributed by atoms with van der Waals surface area (Å²) < 4.78 is 24.4. The summed E-state index contributed by atoms with van der Waals surface area (Å²) in [6, 6.07) is 0.